The fourth-order valence-electron chi connectivity index (χ4n) is 2.99. The third-order valence-corrected chi connectivity index (χ3v) is 5.16. The molecule has 1 aromatic carbocycles. The summed E-state index contributed by atoms with van der Waals surface area (Å²) >= 11 is 1.30. The lowest BCUT2D eigenvalue weighted by atomic mass is 9.89. The number of thiophene rings is 1. The van der Waals surface area contributed by atoms with E-state index in [1.807, 2.05) is 6.92 Å². The molecule has 3 rings (SSSR count). The number of carbonyl (C=O) groups excluding carboxylic acids is 2. The van der Waals surface area contributed by atoms with Gasteiger partial charge in [0.1, 0.15) is 4.88 Å². The van der Waals surface area contributed by atoms with E-state index < -0.39 is 5.97 Å². The number of esters is 1. The summed E-state index contributed by atoms with van der Waals surface area (Å²) in [7, 11) is 0. The highest BCUT2D eigenvalue weighted by atomic mass is 32.1. The minimum atomic E-state index is -0.457. The summed E-state index contributed by atoms with van der Waals surface area (Å²) < 4.78 is 5.03. The molecule has 4 nitrogen and oxygen atoms in total. The van der Waals surface area contributed by atoms with Crippen LogP contribution in [0.5, 0.6) is 0 Å². The zero-order valence-corrected chi connectivity index (χ0v) is 14.5. The van der Waals surface area contributed by atoms with Gasteiger partial charge >= 0.3 is 5.97 Å². The molecule has 24 heavy (non-hydrogen) atoms. The topological polar surface area (TPSA) is 55.4 Å². The summed E-state index contributed by atoms with van der Waals surface area (Å²) in [5, 5.41) is 4.69. The normalized spacial score (nSPS) is 14.5. The van der Waals surface area contributed by atoms with Crippen LogP contribution in [-0.2, 0) is 22.4 Å². The summed E-state index contributed by atoms with van der Waals surface area (Å²) in [6.45, 7) is 1.69. The van der Waals surface area contributed by atoms with E-state index in [2.05, 4.69) is 23.5 Å². The first kappa shape index (κ1) is 16.7. The van der Waals surface area contributed by atoms with Gasteiger partial charge in [-0.3, -0.25) is 4.79 Å². The summed E-state index contributed by atoms with van der Waals surface area (Å²) in [5.41, 5.74) is 3.91. The van der Waals surface area contributed by atoms with Crippen LogP contribution in [-0.4, -0.2) is 18.5 Å². The average molecular weight is 343 g/mol. The number of amides is 1. The van der Waals surface area contributed by atoms with E-state index in [4.69, 9.17) is 4.74 Å². The van der Waals surface area contributed by atoms with Crippen LogP contribution in [0.4, 0.5) is 0 Å². The van der Waals surface area contributed by atoms with Gasteiger partial charge in [0.2, 0.25) is 0 Å². The number of carbonyl (C=O) groups is 2. The molecule has 126 valence electrons. The van der Waals surface area contributed by atoms with Crippen LogP contribution >= 0.6 is 11.3 Å². The van der Waals surface area contributed by atoms with Gasteiger partial charge in [0.25, 0.3) is 5.91 Å². The summed E-state index contributed by atoms with van der Waals surface area (Å²) in [5.74, 6) is -0.744. The molecule has 1 atom stereocenters. The summed E-state index contributed by atoms with van der Waals surface area (Å²) in [6.07, 6.45) is 4.75. The maximum atomic E-state index is 12.0. The smallest absolute Gasteiger partial charge is 0.348 e. The van der Waals surface area contributed by atoms with Gasteiger partial charge in [0.05, 0.1) is 6.04 Å². The Bertz CT molecular complexity index is 724. The molecule has 1 aromatic heterocycles. The Kier molecular flexibility index (Phi) is 5.30. The minimum absolute atomic E-state index is 0.106. The van der Waals surface area contributed by atoms with Crippen molar-refractivity contribution >= 4 is 23.2 Å². The van der Waals surface area contributed by atoms with Gasteiger partial charge < -0.3 is 10.1 Å². The van der Waals surface area contributed by atoms with Crippen molar-refractivity contribution in [3.8, 4) is 0 Å². The van der Waals surface area contributed by atoms with E-state index in [0.717, 1.165) is 18.4 Å². The summed E-state index contributed by atoms with van der Waals surface area (Å²) in [6, 6.07) is 9.79. The zero-order chi connectivity index (χ0) is 16.9. The van der Waals surface area contributed by atoms with Crippen molar-refractivity contribution in [2.45, 2.75) is 38.6 Å². The summed E-state index contributed by atoms with van der Waals surface area (Å²) in [4.78, 5) is 24.2. The van der Waals surface area contributed by atoms with Crippen molar-refractivity contribution in [3.05, 3.63) is 57.3 Å². The second-order valence-electron chi connectivity index (χ2n) is 6.08. The number of hydrogen-bond acceptors (Lipinski definition) is 4. The van der Waals surface area contributed by atoms with Crippen LogP contribution in [0.2, 0.25) is 0 Å². The van der Waals surface area contributed by atoms with Crippen molar-refractivity contribution in [3.63, 3.8) is 0 Å². The highest BCUT2D eigenvalue weighted by Crippen LogP contribution is 2.24. The Morgan fingerprint density at radius 2 is 2.00 bits per heavy atom. The molecule has 0 spiro atoms. The SMILES string of the molecule is C[C@H](NC(=O)COC(=O)c1cccs1)c1ccc2c(c1)CCCC2. The fraction of sp³-hybridized carbons (Fsp3) is 0.368. The number of fused-ring (bicyclic) bond motifs is 1. The van der Waals surface area contributed by atoms with Gasteiger partial charge in [-0.1, -0.05) is 24.3 Å². The van der Waals surface area contributed by atoms with Gasteiger partial charge in [-0.2, -0.15) is 0 Å². The molecule has 0 bridgehead atoms. The Morgan fingerprint density at radius 1 is 1.21 bits per heavy atom. The molecule has 1 heterocycles. The number of hydrogen-bond donors (Lipinski definition) is 1. The van der Waals surface area contributed by atoms with E-state index in [0.29, 0.717) is 4.88 Å². The zero-order valence-electron chi connectivity index (χ0n) is 13.7. The molecule has 1 N–H and O–H groups in total. The predicted molar refractivity (Wildman–Crippen MR) is 94.2 cm³/mol. The quantitative estimate of drug-likeness (QED) is 0.843. The van der Waals surface area contributed by atoms with Crippen LogP contribution in [0.1, 0.15) is 52.2 Å². The van der Waals surface area contributed by atoms with Crippen molar-refractivity contribution in [1.29, 1.82) is 0 Å². The number of rotatable bonds is 5. The van der Waals surface area contributed by atoms with E-state index in [9.17, 15) is 9.59 Å². The average Bonchev–Trinajstić information content (AvgIpc) is 3.14. The molecular weight excluding hydrogens is 322 g/mol. The van der Waals surface area contributed by atoms with E-state index >= 15 is 0 Å². The Morgan fingerprint density at radius 3 is 2.75 bits per heavy atom. The molecular formula is C19H21NO3S. The number of nitrogens with one attached hydrogen (secondary N) is 1. The van der Waals surface area contributed by atoms with Crippen LogP contribution < -0.4 is 5.32 Å². The lowest BCUT2D eigenvalue weighted by Crippen LogP contribution is -2.31. The van der Waals surface area contributed by atoms with E-state index in [-0.39, 0.29) is 18.6 Å². The first-order valence-electron chi connectivity index (χ1n) is 8.25. The minimum Gasteiger partial charge on any atom is -0.451 e. The van der Waals surface area contributed by atoms with E-state index in [1.54, 1.807) is 17.5 Å². The molecule has 1 aliphatic rings. The van der Waals surface area contributed by atoms with E-state index in [1.165, 1.54) is 35.3 Å². The Balaban J connectivity index is 1.53. The number of benzene rings is 1. The van der Waals surface area contributed by atoms with Crippen LogP contribution in [0, 0.1) is 0 Å². The van der Waals surface area contributed by atoms with Gasteiger partial charge in [-0.15, -0.1) is 11.3 Å². The lowest BCUT2D eigenvalue weighted by molar-refractivity contribution is -0.124. The van der Waals surface area contributed by atoms with Crippen LogP contribution in [0.25, 0.3) is 0 Å². The van der Waals surface area contributed by atoms with Crippen molar-refractivity contribution in [2.24, 2.45) is 0 Å². The van der Waals surface area contributed by atoms with Crippen LogP contribution in [0.15, 0.2) is 35.7 Å². The largest absolute Gasteiger partial charge is 0.451 e. The maximum absolute atomic E-state index is 12.0. The highest BCUT2D eigenvalue weighted by molar-refractivity contribution is 7.11. The van der Waals surface area contributed by atoms with Crippen molar-refractivity contribution in [1.82, 2.24) is 5.32 Å². The second kappa shape index (κ2) is 7.62. The van der Waals surface area contributed by atoms with Gasteiger partial charge in [-0.05, 0) is 60.7 Å². The van der Waals surface area contributed by atoms with Gasteiger partial charge in [0, 0.05) is 0 Å². The molecule has 0 unspecified atom stereocenters. The monoisotopic (exact) mass is 343 g/mol. The third-order valence-electron chi connectivity index (χ3n) is 4.31. The maximum Gasteiger partial charge on any atom is 0.348 e. The molecule has 0 saturated heterocycles. The fourth-order valence-corrected chi connectivity index (χ4v) is 3.60. The molecule has 5 heteroatoms. The highest BCUT2D eigenvalue weighted by Gasteiger charge is 2.15. The van der Waals surface area contributed by atoms with Crippen molar-refractivity contribution in [2.75, 3.05) is 6.61 Å². The molecule has 1 aliphatic carbocycles. The molecule has 2 aromatic rings. The standard InChI is InChI=1S/C19H21NO3S/c1-13(15-9-8-14-5-2-3-6-16(14)11-15)20-18(21)12-23-19(22)17-7-4-10-24-17/h4,7-11,13H,2-3,5-6,12H2,1H3,(H,20,21)/t13-/m0/s1. The first-order chi connectivity index (χ1) is 11.6. The molecule has 0 fully saturated rings. The van der Waals surface area contributed by atoms with Gasteiger partial charge in [-0.25, -0.2) is 4.79 Å². The Hall–Kier alpha value is -2.14. The molecule has 0 radical (unpaired) electrons. The predicted octanol–water partition coefficient (Wildman–Crippen LogP) is 3.66. The number of aryl methyl sites for hydroxylation is 2. The first-order valence-corrected chi connectivity index (χ1v) is 9.13. The van der Waals surface area contributed by atoms with Gasteiger partial charge in [0.15, 0.2) is 6.61 Å². The van der Waals surface area contributed by atoms with Crippen molar-refractivity contribution < 1.29 is 14.3 Å². The number of ether oxygens (including phenoxy) is 1. The third kappa shape index (κ3) is 4.03. The molecule has 0 aliphatic heterocycles. The van der Waals surface area contributed by atoms with Crippen LogP contribution in [0.3, 0.4) is 0 Å². The Labute approximate surface area is 145 Å². The lowest BCUT2D eigenvalue weighted by Gasteiger charge is -2.20. The second-order valence-corrected chi connectivity index (χ2v) is 7.03. The molecule has 0 saturated carbocycles. The molecule has 1 amide bonds.